The summed E-state index contributed by atoms with van der Waals surface area (Å²) < 4.78 is 65.4. The van der Waals surface area contributed by atoms with Crippen LogP contribution in [0.4, 0.5) is 0 Å². The van der Waals surface area contributed by atoms with E-state index in [1.54, 1.807) is 0 Å². The van der Waals surface area contributed by atoms with Crippen molar-refractivity contribution in [3.05, 3.63) is 170 Å². The van der Waals surface area contributed by atoms with Gasteiger partial charge in [-0.1, -0.05) is 164 Å². The van der Waals surface area contributed by atoms with Gasteiger partial charge in [-0.05, 0) is 82.9 Å². The van der Waals surface area contributed by atoms with Crippen molar-refractivity contribution >= 4 is 32.3 Å². The van der Waals surface area contributed by atoms with Gasteiger partial charge < -0.3 is 0 Å². The Labute approximate surface area is 256 Å². The Hall–Kier alpha value is -5.46. The van der Waals surface area contributed by atoms with Crippen LogP contribution in [0.2, 0.25) is 0 Å². The average Bonchev–Trinajstić information content (AvgIpc) is 3.15. The maximum atomic E-state index is 9.96. The molecule has 8 aromatic carbocycles. The zero-order valence-corrected chi connectivity index (χ0v) is 22.6. The third kappa shape index (κ3) is 4.00. The Morgan fingerprint density at radius 2 is 0.905 bits per heavy atom. The van der Waals surface area contributed by atoms with Crippen LogP contribution in [0.15, 0.2) is 170 Å². The van der Waals surface area contributed by atoms with Crippen LogP contribution < -0.4 is 0 Å². The number of hydrogen-bond donors (Lipinski definition) is 0. The van der Waals surface area contributed by atoms with Crippen LogP contribution in [0.3, 0.4) is 0 Å². The van der Waals surface area contributed by atoms with E-state index in [1.807, 2.05) is 127 Å². The largest absolute Gasteiger partial charge is 0.0636 e. The monoisotopic (exact) mass is 539 g/mol. The summed E-state index contributed by atoms with van der Waals surface area (Å²) in [5.41, 5.74) is 4.81. The van der Waals surface area contributed by atoms with Crippen LogP contribution in [0.5, 0.6) is 0 Å². The average molecular weight is 540 g/mol. The lowest BCUT2D eigenvalue weighted by atomic mass is 9.83. The lowest BCUT2D eigenvalue weighted by molar-refractivity contribution is 1.60. The van der Waals surface area contributed by atoms with Gasteiger partial charge >= 0.3 is 0 Å². The van der Waals surface area contributed by atoms with Gasteiger partial charge in [0.2, 0.25) is 0 Å². The minimum absolute atomic E-state index is 0.0268. The number of rotatable bonds is 4. The number of fused-ring (bicyclic) bond motifs is 3. The highest BCUT2D eigenvalue weighted by atomic mass is 14.2. The zero-order chi connectivity index (χ0) is 34.0. The molecule has 0 heterocycles. The lowest BCUT2D eigenvalue weighted by Gasteiger charge is -2.20. The molecule has 0 N–H and O–H groups in total. The fourth-order valence-electron chi connectivity index (χ4n) is 6.03. The molecule has 42 heavy (non-hydrogen) atoms. The first-order valence-corrected chi connectivity index (χ1v) is 14.0. The minimum atomic E-state index is -0.384. The molecule has 0 aromatic heterocycles. The van der Waals surface area contributed by atoms with E-state index in [2.05, 4.69) is 0 Å². The van der Waals surface area contributed by atoms with E-state index >= 15 is 0 Å². The standard InChI is InChI=1S/C42H28/c1-3-14-29(15-4-1)34-21-9-10-22-36(34)42-38-24-12-11-23-37(38)41(31-17-5-2-6-18-31)40-28-32(26-27-39(40)42)35-25-13-19-30-16-7-8-20-33(30)35/h1-28H/i11D,12D,23D,24D,26D,27D,28D. The molecule has 0 radical (unpaired) electrons. The van der Waals surface area contributed by atoms with E-state index in [-0.39, 0.29) is 53.1 Å². The second-order valence-corrected chi connectivity index (χ2v) is 10.3. The Balaban J connectivity index is 1.69. The molecule has 0 spiro atoms. The molecule has 0 aliphatic heterocycles. The summed E-state index contributed by atoms with van der Waals surface area (Å²) in [5, 5.41) is 3.00. The van der Waals surface area contributed by atoms with Crippen LogP contribution in [-0.4, -0.2) is 0 Å². The van der Waals surface area contributed by atoms with E-state index < -0.39 is 0 Å². The molecule has 0 aliphatic rings. The maximum Gasteiger partial charge on any atom is 0.0636 e. The molecule has 8 rings (SSSR count). The van der Waals surface area contributed by atoms with Crippen LogP contribution in [0, 0.1) is 0 Å². The van der Waals surface area contributed by atoms with Crippen LogP contribution >= 0.6 is 0 Å². The second-order valence-electron chi connectivity index (χ2n) is 10.3. The normalized spacial score (nSPS) is 13.7. The summed E-state index contributed by atoms with van der Waals surface area (Å²) in [6.07, 6.45) is 0. The molecular formula is C42H28. The molecule has 0 nitrogen and oxygen atoms in total. The summed E-state index contributed by atoms with van der Waals surface area (Å²) >= 11 is 0. The highest BCUT2D eigenvalue weighted by Gasteiger charge is 2.19. The number of hydrogen-bond acceptors (Lipinski definition) is 0. The quantitative estimate of drug-likeness (QED) is 0.195. The first-order valence-electron chi connectivity index (χ1n) is 17.5. The van der Waals surface area contributed by atoms with Crippen molar-refractivity contribution in [3.63, 3.8) is 0 Å². The van der Waals surface area contributed by atoms with Gasteiger partial charge in [-0.3, -0.25) is 0 Å². The molecule has 0 heteroatoms. The molecule has 0 bridgehead atoms. The third-order valence-corrected chi connectivity index (χ3v) is 7.90. The van der Waals surface area contributed by atoms with Crippen molar-refractivity contribution in [3.8, 4) is 44.5 Å². The Morgan fingerprint density at radius 3 is 1.69 bits per heavy atom. The molecule has 0 saturated carbocycles. The molecule has 0 amide bonds. The van der Waals surface area contributed by atoms with Gasteiger partial charge in [0.25, 0.3) is 0 Å². The first-order chi connectivity index (χ1) is 23.8. The summed E-state index contributed by atoms with van der Waals surface area (Å²) in [6.45, 7) is 0. The molecule has 0 aliphatic carbocycles. The van der Waals surface area contributed by atoms with Gasteiger partial charge in [-0.15, -0.1) is 0 Å². The minimum Gasteiger partial charge on any atom is -0.0622 e. The predicted molar refractivity (Wildman–Crippen MR) is 181 cm³/mol. The Bertz CT molecular complexity index is 2610. The molecule has 0 unspecified atom stereocenters. The van der Waals surface area contributed by atoms with E-state index in [4.69, 9.17) is 2.74 Å². The molecule has 0 saturated heterocycles. The maximum absolute atomic E-state index is 9.96. The number of benzene rings is 8. The van der Waals surface area contributed by atoms with E-state index in [0.717, 1.165) is 21.9 Å². The summed E-state index contributed by atoms with van der Waals surface area (Å²) in [7, 11) is 0. The second kappa shape index (κ2) is 10.2. The van der Waals surface area contributed by atoms with Crippen LogP contribution in [0.25, 0.3) is 76.8 Å². The Morgan fingerprint density at radius 1 is 0.333 bits per heavy atom. The van der Waals surface area contributed by atoms with E-state index in [1.165, 1.54) is 0 Å². The van der Waals surface area contributed by atoms with Gasteiger partial charge in [0.1, 0.15) is 0 Å². The highest BCUT2D eigenvalue weighted by molar-refractivity contribution is 6.23. The zero-order valence-electron chi connectivity index (χ0n) is 29.6. The van der Waals surface area contributed by atoms with Gasteiger partial charge in [-0.25, -0.2) is 0 Å². The highest BCUT2D eigenvalue weighted by Crippen LogP contribution is 2.47. The van der Waals surface area contributed by atoms with Crippen molar-refractivity contribution in [2.75, 3.05) is 0 Å². The van der Waals surface area contributed by atoms with Crippen LogP contribution in [-0.2, 0) is 0 Å². The van der Waals surface area contributed by atoms with Crippen molar-refractivity contribution in [1.82, 2.24) is 0 Å². The van der Waals surface area contributed by atoms with Crippen molar-refractivity contribution < 1.29 is 9.60 Å². The molecule has 196 valence electrons. The molecule has 0 atom stereocenters. The third-order valence-electron chi connectivity index (χ3n) is 7.90. The smallest absolute Gasteiger partial charge is 0.0622 e. The van der Waals surface area contributed by atoms with E-state index in [9.17, 15) is 6.85 Å². The Kier molecular flexibility index (Phi) is 4.38. The van der Waals surface area contributed by atoms with Gasteiger partial charge in [0.05, 0.1) is 9.60 Å². The van der Waals surface area contributed by atoms with Crippen molar-refractivity contribution in [2.24, 2.45) is 0 Å². The molecule has 8 aromatic rings. The molecular weight excluding hydrogens is 504 g/mol. The SMILES string of the molecule is [2H]c1c([2H])c([2H])c2c(-c3ccccc3-c3ccccc3)c3c([2H])c([2H])c(-c4cccc5ccccc45)c([2H])c3c(-c3ccccc3)c2c1[2H]. The van der Waals surface area contributed by atoms with Gasteiger partial charge in [0, 0.05) is 0 Å². The first kappa shape index (κ1) is 18.1. The lowest BCUT2D eigenvalue weighted by Crippen LogP contribution is -1.93. The molecule has 0 fully saturated rings. The summed E-state index contributed by atoms with van der Waals surface area (Å²) in [5.74, 6) is 0. The topological polar surface area (TPSA) is 0 Å². The van der Waals surface area contributed by atoms with Crippen molar-refractivity contribution in [1.29, 1.82) is 0 Å². The summed E-state index contributed by atoms with van der Waals surface area (Å²) in [4.78, 5) is 0. The fourth-order valence-corrected chi connectivity index (χ4v) is 6.03. The van der Waals surface area contributed by atoms with Crippen LogP contribution in [0.1, 0.15) is 9.60 Å². The predicted octanol–water partition coefficient (Wildman–Crippen LogP) is 11.8. The fraction of sp³-hybridized carbons (Fsp3) is 0. The van der Waals surface area contributed by atoms with Crippen molar-refractivity contribution in [2.45, 2.75) is 0 Å². The summed E-state index contributed by atoms with van der Waals surface area (Å²) in [6, 6.07) is 38.8. The van der Waals surface area contributed by atoms with Gasteiger partial charge in [0.15, 0.2) is 0 Å². The van der Waals surface area contributed by atoms with Gasteiger partial charge in [-0.2, -0.15) is 0 Å². The van der Waals surface area contributed by atoms with E-state index in [0.29, 0.717) is 44.2 Å².